The Balaban J connectivity index is 2.27. The molecular weight excluding hydrogens is 214 g/mol. The van der Waals surface area contributed by atoms with Crippen LogP contribution in [0.3, 0.4) is 0 Å². The number of hydrogen-bond acceptors (Lipinski definition) is 2. The van der Waals surface area contributed by atoms with Crippen LogP contribution in [0.2, 0.25) is 0 Å². The van der Waals surface area contributed by atoms with Crippen LogP contribution < -0.4 is 10.6 Å². The van der Waals surface area contributed by atoms with Crippen LogP contribution in [0.15, 0.2) is 0 Å². The van der Waals surface area contributed by atoms with E-state index in [2.05, 4.69) is 24.5 Å². The average molecular weight is 241 g/mol. The van der Waals surface area contributed by atoms with Crippen molar-refractivity contribution in [3.8, 4) is 0 Å². The summed E-state index contributed by atoms with van der Waals surface area (Å²) in [5, 5.41) is 6.35. The zero-order valence-electron chi connectivity index (χ0n) is 11.3. The molecule has 1 saturated heterocycles. The summed E-state index contributed by atoms with van der Waals surface area (Å²) in [7, 11) is 0. The minimum absolute atomic E-state index is 0.111. The molecule has 0 atom stereocenters. The van der Waals surface area contributed by atoms with Crippen molar-refractivity contribution < 1.29 is 4.79 Å². The Kier molecular flexibility index (Phi) is 7.01. The topological polar surface area (TPSA) is 44.4 Å². The van der Waals surface area contributed by atoms with E-state index in [0.717, 1.165) is 45.6 Å². The van der Waals surface area contributed by atoms with Crippen molar-refractivity contribution in [1.29, 1.82) is 0 Å². The largest absolute Gasteiger partial charge is 0.338 e. The van der Waals surface area contributed by atoms with Crippen molar-refractivity contribution in [3.63, 3.8) is 0 Å². The predicted molar refractivity (Wildman–Crippen MR) is 71.1 cm³/mol. The van der Waals surface area contributed by atoms with Gasteiger partial charge in [-0.25, -0.2) is 4.79 Å². The van der Waals surface area contributed by atoms with Gasteiger partial charge < -0.3 is 15.5 Å². The van der Waals surface area contributed by atoms with E-state index in [1.54, 1.807) is 0 Å². The molecule has 4 heteroatoms. The van der Waals surface area contributed by atoms with E-state index >= 15 is 0 Å². The zero-order chi connectivity index (χ0) is 12.5. The van der Waals surface area contributed by atoms with E-state index in [4.69, 9.17) is 0 Å². The Morgan fingerprint density at radius 2 is 2.06 bits per heavy atom. The Morgan fingerprint density at radius 1 is 1.35 bits per heavy atom. The first-order valence-corrected chi connectivity index (χ1v) is 7.01. The first-order chi connectivity index (χ1) is 8.27. The molecule has 1 rings (SSSR count). The zero-order valence-corrected chi connectivity index (χ0v) is 11.3. The summed E-state index contributed by atoms with van der Waals surface area (Å²) >= 11 is 0. The van der Waals surface area contributed by atoms with Gasteiger partial charge in [0.2, 0.25) is 0 Å². The van der Waals surface area contributed by atoms with Crippen molar-refractivity contribution in [2.75, 3.05) is 32.7 Å². The lowest BCUT2D eigenvalue weighted by Gasteiger charge is -2.29. The molecule has 0 aromatic heterocycles. The van der Waals surface area contributed by atoms with Gasteiger partial charge in [-0.3, -0.25) is 0 Å². The summed E-state index contributed by atoms with van der Waals surface area (Å²) in [6, 6.07) is 0.111. The van der Waals surface area contributed by atoms with Crippen molar-refractivity contribution in [2.45, 2.75) is 39.5 Å². The third-order valence-corrected chi connectivity index (χ3v) is 3.41. The number of urea groups is 1. The van der Waals surface area contributed by atoms with E-state index in [-0.39, 0.29) is 6.03 Å². The molecule has 1 heterocycles. The van der Waals surface area contributed by atoms with Gasteiger partial charge in [0.05, 0.1) is 0 Å². The van der Waals surface area contributed by atoms with E-state index < -0.39 is 0 Å². The van der Waals surface area contributed by atoms with Gasteiger partial charge in [0.15, 0.2) is 0 Å². The number of nitrogens with one attached hydrogen (secondary N) is 2. The Hall–Kier alpha value is -0.770. The number of piperidine rings is 1. The number of carbonyl (C=O) groups is 1. The summed E-state index contributed by atoms with van der Waals surface area (Å²) < 4.78 is 0. The Morgan fingerprint density at radius 3 is 2.65 bits per heavy atom. The van der Waals surface area contributed by atoms with Crippen molar-refractivity contribution in [3.05, 3.63) is 0 Å². The fourth-order valence-electron chi connectivity index (χ4n) is 2.22. The van der Waals surface area contributed by atoms with Gasteiger partial charge >= 0.3 is 6.03 Å². The van der Waals surface area contributed by atoms with E-state index in [0.29, 0.717) is 5.92 Å². The highest BCUT2D eigenvalue weighted by Gasteiger charge is 2.19. The number of nitrogens with zero attached hydrogens (tertiary/aromatic N) is 1. The van der Waals surface area contributed by atoms with E-state index in [9.17, 15) is 4.79 Å². The maximum atomic E-state index is 11.9. The molecular formula is C13H27N3O. The van der Waals surface area contributed by atoms with Crippen LogP contribution in [0.25, 0.3) is 0 Å². The van der Waals surface area contributed by atoms with Gasteiger partial charge in [0.25, 0.3) is 0 Å². The molecule has 17 heavy (non-hydrogen) atoms. The number of amides is 2. The highest BCUT2D eigenvalue weighted by Crippen LogP contribution is 2.13. The normalized spacial score (nSPS) is 16.8. The van der Waals surface area contributed by atoms with Gasteiger partial charge in [-0.2, -0.15) is 0 Å². The maximum absolute atomic E-state index is 11.9. The van der Waals surface area contributed by atoms with Gasteiger partial charge in [-0.15, -0.1) is 0 Å². The van der Waals surface area contributed by atoms with E-state index in [1.807, 2.05) is 4.90 Å². The molecule has 4 nitrogen and oxygen atoms in total. The Bertz CT molecular complexity index is 215. The SMILES string of the molecule is CCCCNC(=O)N(CC)CC1CCNCC1. The number of hydrogen-bond donors (Lipinski definition) is 2. The summed E-state index contributed by atoms with van der Waals surface area (Å²) in [5.41, 5.74) is 0. The molecule has 2 N–H and O–H groups in total. The maximum Gasteiger partial charge on any atom is 0.317 e. The quantitative estimate of drug-likeness (QED) is 0.697. The van der Waals surface area contributed by atoms with Gasteiger partial charge in [0, 0.05) is 19.6 Å². The highest BCUT2D eigenvalue weighted by atomic mass is 16.2. The monoisotopic (exact) mass is 241 g/mol. The molecule has 100 valence electrons. The molecule has 0 aromatic rings. The molecule has 0 aliphatic carbocycles. The molecule has 1 aliphatic heterocycles. The van der Waals surface area contributed by atoms with Crippen LogP contribution in [-0.4, -0.2) is 43.7 Å². The predicted octanol–water partition coefficient (Wildman–Crippen LogP) is 1.82. The lowest BCUT2D eigenvalue weighted by molar-refractivity contribution is 0.183. The number of carbonyl (C=O) groups excluding carboxylic acids is 1. The molecule has 1 fully saturated rings. The standard InChI is InChI=1S/C13H27N3O/c1-3-5-8-15-13(17)16(4-2)11-12-6-9-14-10-7-12/h12,14H,3-11H2,1-2H3,(H,15,17). The minimum Gasteiger partial charge on any atom is -0.338 e. The van der Waals surface area contributed by atoms with E-state index in [1.165, 1.54) is 12.8 Å². The Labute approximate surface area is 105 Å². The lowest BCUT2D eigenvalue weighted by Crippen LogP contribution is -2.44. The number of unbranched alkanes of at least 4 members (excludes halogenated alkanes) is 1. The van der Waals surface area contributed by atoms with Crippen LogP contribution in [0.4, 0.5) is 4.79 Å². The smallest absolute Gasteiger partial charge is 0.317 e. The van der Waals surface area contributed by atoms with Gasteiger partial charge in [0.1, 0.15) is 0 Å². The summed E-state index contributed by atoms with van der Waals surface area (Å²) in [6.07, 6.45) is 4.58. The highest BCUT2D eigenvalue weighted by molar-refractivity contribution is 5.74. The minimum atomic E-state index is 0.111. The van der Waals surface area contributed by atoms with Crippen LogP contribution in [0.5, 0.6) is 0 Å². The first-order valence-electron chi connectivity index (χ1n) is 7.01. The fourth-order valence-corrected chi connectivity index (χ4v) is 2.22. The van der Waals surface area contributed by atoms with Crippen molar-refractivity contribution >= 4 is 6.03 Å². The lowest BCUT2D eigenvalue weighted by atomic mass is 9.98. The molecule has 0 spiro atoms. The second-order valence-electron chi connectivity index (χ2n) is 4.82. The molecule has 0 saturated carbocycles. The second-order valence-corrected chi connectivity index (χ2v) is 4.82. The third-order valence-electron chi connectivity index (χ3n) is 3.41. The van der Waals surface area contributed by atoms with Crippen LogP contribution in [0, 0.1) is 5.92 Å². The van der Waals surface area contributed by atoms with Crippen molar-refractivity contribution in [2.24, 2.45) is 5.92 Å². The average Bonchev–Trinajstić information content (AvgIpc) is 2.37. The fraction of sp³-hybridized carbons (Fsp3) is 0.923. The molecule has 0 bridgehead atoms. The molecule has 0 radical (unpaired) electrons. The summed E-state index contributed by atoms with van der Waals surface area (Å²) in [4.78, 5) is 13.9. The second kappa shape index (κ2) is 8.34. The third kappa shape index (κ3) is 5.39. The molecule has 2 amide bonds. The molecule has 1 aliphatic rings. The first kappa shape index (κ1) is 14.3. The number of rotatable bonds is 6. The van der Waals surface area contributed by atoms with Crippen molar-refractivity contribution in [1.82, 2.24) is 15.5 Å². The van der Waals surface area contributed by atoms with Crippen LogP contribution >= 0.6 is 0 Å². The van der Waals surface area contributed by atoms with Gasteiger partial charge in [-0.05, 0) is 45.2 Å². The van der Waals surface area contributed by atoms with Crippen LogP contribution in [-0.2, 0) is 0 Å². The van der Waals surface area contributed by atoms with Gasteiger partial charge in [-0.1, -0.05) is 13.3 Å². The molecule has 0 unspecified atom stereocenters. The summed E-state index contributed by atoms with van der Waals surface area (Å²) in [5.74, 6) is 0.674. The summed E-state index contributed by atoms with van der Waals surface area (Å²) in [6.45, 7) is 8.91. The molecule has 0 aromatic carbocycles. The van der Waals surface area contributed by atoms with Crippen LogP contribution in [0.1, 0.15) is 39.5 Å².